The number of hydrogen-bond acceptors (Lipinski definition) is 5. The Balaban J connectivity index is 1.66. The van der Waals surface area contributed by atoms with E-state index in [0.717, 1.165) is 21.9 Å². The molecule has 3 aromatic rings. The van der Waals surface area contributed by atoms with Crippen molar-refractivity contribution in [1.82, 2.24) is 9.55 Å². The third kappa shape index (κ3) is 3.52. The lowest BCUT2D eigenvalue weighted by atomic mass is 10.1. The second-order valence-electron chi connectivity index (χ2n) is 6.81. The number of ether oxygens (including phenoxy) is 2. The highest BCUT2D eigenvalue weighted by Gasteiger charge is 2.18. The molecule has 0 aliphatic carbocycles. The molecular weight excluding hydrogens is 374 g/mol. The van der Waals surface area contributed by atoms with E-state index >= 15 is 0 Å². The minimum Gasteiger partial charge on any atom is -0.454 e. The van der Waals surface area contributed by atoms with Crippen molar-refractivity contribution in [3.63, 3.8) is 0 Å². The average molecular weight is 393 g/mol. The molecule has 0 radical (unpaired) electrons. The molecule has 2 heterocycles. The zero-order valence-electron chi connectivity index (χ0n) is 15.9. The summed E-state index contributed by atoms with van der Waals surface area (Å²) in [5, 5.41) is 2.77. The molecule has 8 nitrogen and oxygen atoms in total. The van der Waals surface area contributed by atoms with Crippen LogP contribution >= 0.6 is 0 Å². The molecule has 1 aliphatic rings. The van der Waals surface area contributed by atoms with Gasteiger partial charge in [-0.1, -0.05) is 24.3 Å². The number of nitrogens with zero attached hydrogens (tertiary/aromatic N) is 1. The number of amides is 1. The van der Waals surface area contributed by atoms with Crippen molar-refractivity contribution in [3.8, 4) is 11.5 Å². The highest BCUT2D eigenvalue weighted by Crippen LogP contribution is 2.32. The van der Waals surface area contributed by atoms with Gasteiger partial charge in [-0.2, -0.15) is 0 Å². The summed E-state index contributed by atoms with van der Waals surface area (Å²) in [6, 6.07) is 10.8. The first kappa shape index (κ1) is 18.5. The fourth-order valence-electron chi connectivity index (χ4n) is 3.23. The third-order valence-electron chi connectivity index (χ3n) is 4.80. The van der Waals surface area contributed by atoms with Gasteiger partial charge in [0, 0.05) is 11.9 Å². The summed E-state index contributed by atoms with van der Waals surface area (Å²) in [6.07, 6.45) is 1.14. The number of carbonyl (C=O) groups is 1. The van der Waals surface area contributed by atoms with Crippen molar-refractivity contribution in [3.05, 3.63) is 85.7 Å². The summed E-state index contributed by atoms with van der Waals surface area (Å²) in [5.41, 5.74) is 1.66. The lowest BCUT2D eigenvalue weighted by molar-refractivity contribution is 0.102. The van der Waals surface area contributed by atoms with Crippen LogP contribution in [-0.2, 0) is 6.54 Å². The summed E-state index contributed by atoms with van der Waals surface area (Å²) in [5.74, 6) is 0.579. The monoisotopic (exact) mass is 393 g/mol. The van der Waals surface area contributed by atoms with Crippen molar-refractivity contribution in [1.29, 1.82) is 0 Å². The number of hydrogen-bond donors (Lipinski definition) is 2. The van der Waals surface area contributed by atoms with Gasteiger partial charge in [-0.15, -0.1) is 0 Å². The van der Waals surface area contributed by atoms with E-state index in [-0.39, 0.29) is 18.9 Å². The smallest absolute Gasteiger partial charge is 0.328 e. The molecule has 0 bridgehead atoms. The number of aromatic amines is 1. The summed E-state index contributed by atoms with van der Waals surface area (Å²) < 4.78 is 11.6. The molecule has 0 saturated carbocycles. The SMILES string of the molecule is Cc1cccc(C)c1NC(=O)c1c[nH]c(=O)n(Cc2ccc3c(c2)OCO3)c1=O. The number of carbonyl (C=O) groups excluding carboxylic acids is 1. The Morgan fingerprint density at radius 3 is 2.59 bits per heavy atom. The van der Waals surface area contributed by atoms with Gasteiger partial charge in [0.05, 0.1) is 6.54 Å². The van der Waals surface area contributed by atoms with E-state index in [1.807, 2.05) is 32.0 Å². The average Bonchev–Trinajstić information content (AvgIpc) is 3.16. The van der Waals surface area contributed by atoms with Crippen molar-refractivity contribution in [2.24, 2.45) is 0 Å². The van der Waals surface area contributed by atoms with E-state index in [2.05, 4.69) is 10.3 Å². The van der Waals surface area contributed by atoms with Gasteiger partial charge in [0.25, 0.3) is 11.5 Å². The predicted octanol–water partition coefficient (Wildman–Crippen LogP) is 2.18. The Labute approximate surface area is 165 Å². The molecule has 29 heavy (non-hydrogen) atoms. The molecule has 8 heteroatoms. The predicted molar refractivity (Wildman–Crippen MR) is 107 cm³/mol. The maximum atomic E-state index is 12.9. The first-order chi connectivity index (χ1) is 13.9. The summed E-state index contributed by atoms with van der Waals surface area (Å²) in [6.45, 7) is 3.86. The van der Waals surface area contributed by atoms with Gasteiger partial charge < -0.3 is 19.8 Å². The number of aromatic nitrogens is 2. The molecule has 1 aliphatic heterocycles. The maximum absolute atomic E-state index is 12.9. The number of H-pyrrole nitrogens is 1. The fraction of sp³-hybridized carbons (Fsp3) is 0.190. The van der Waals surface area contributed by atoms with Crippen LogP contribution < -0.4 is 26.0 Å². The van der Waals surface area contributed by atoms with E-state index in [0.29, 0.717) is 22.7 Å². The second-order valence-corrected chi connectivity index (χ2v) is 6.81. The number of anilines is 1. The largest absolute Gasteiger partial charge is 0.454 e. The molecule has 2 N–H and O–H groups in total. The van der Waals surface area contributed by atoms with Gasteiger partial charge in [0.1, 0.15) is 5.56 Å². The first-order valence-corrected chi connectivity index (χ1v) is 9.02. The van der Waals surface area contributed by atoms with Gasteiger partial charge in [0.15, 0.2) is 11.5 Å². The van der Waals surface area contributed by atoms with Crippen LogP contribution in [0.25, 0.3) is 0 Å². The number of para-hydroxylation sites is 1. The third-order valence-corrected chi connectivity index (χ3v) is 4.80. The molecule has 2 aromatic carbocycles. The van der Waals surface area contributed by atoms with Crippen LogP contribution in [0.2, 0.25) is 0 Å². The fourth-order valence-corrected chi connectivity index (χ4v) is 3.23. The highest BCUT2D eigenvalue weighted by molar-refractivity contribution is 6.04. The van der Waals surface area contributed by atoms with Gasteiger partial charge in [-0.25, -0.2) is 4.79 Å². The van der Waals surface area contributed by atoms with E-state index < -0.39 is 17.2 Å². The number of aryl methyl sites for hydroxylation is 2. The molecular formula is C21H19N3O5. The van der Waals surface area contributed by atoms with Crippen molar-refractivity contribution < 1.29 is 14.3 Å². The van der Waals surface area contributed by atoms with Crippen molar-refractivity contribution in [2.45, 2.75) is 20.4 Å². The highest BCUT2D eigenvalue weighted by atomic mass is 16.7. The van der Waals surface area contributed by atoms with Crippen LogP contribution in [0.5, 0.6) is 11.5 Å². The standard InChI is InChI=1S/C21H19N3O5/c1-12-4-3-5-13(2)18(12)23-19(25)15-9-22-21(27)24(20(15)26)10-14-6-7-16-17(8-14)29-11-28-16/h3-9H,10-11H2,1-2H3,(H,22,27)(H,23,25). The van der Waals surface area contributed by atoms with E-state index in [4.69, 9.17) is 9.47 Å². The van der Waals surface area contributed by atoms with Crippen molar-refractivity contribution in [2.75, 3.05) is 12.1 Å². The molecule has 148 valence electrons. The quantitative estimate of drug-likeness (QED) is 0.707. The van der Waals surface area contributed by atoms with Gasteiger partial charge in [-0.3, -0.25) is 14.2 Å². The number of benzene rings is 2. The van der Waals surface area contributed by atoms with Gasteiger partial charge in [-0.05, 0) is 42.7 Å². The Morgan fingerprint density at radius 2 is 1.83 bits per heavy atom. The Bertz CT molecular complexity index is 1210. The van der Waals surface area contributed by atoms with E-state index in [1.54, 1.807) is 18.2 Å². The maximum Gasteiger partial charge on any atom is 0.328 e. The van der Waals surface area contributed by atoms with Crippen LogP contribution in [0.4, 0.5) is 5.69 Å². The minimum absolute atomic E-state index is 0.00464. The van der Waals surface area contributed by atoms with Gasteiger partial charge >= 0.3 is 5.69 Å². The minimum atomic E-state index is -0.671. The summed E-state index contributed by atoms with van der Waals surface area (Å²) >= 11 is 0. The van der Waals surface area contributed by atoms with E-state index in [1.165, 1.54) is 0 Å². The molecule has 0 saturated heterocycles. The number of rotatable bonds is 4. The Morgan fingerprint density at radius 1 is 1.10 bits per heavy atom. The van der Waals surface area contributed by atoms with Gasteiger partial charge in [0.2, 0.25) is 6.79 Å². The summed E-state index contributed by atoms with van der Waals surface area (Å²) in [7, 11) is 0. The topological polar surface area (TPSA) is 102 Å². The Hall–Kier alpha value is -3.81. The zero-order chi connectivity index (χ0) is 20.5. The molecule has 1 amide bonds. The van der Waals surface area contributed by atoms with Crippen LogP contribution in [0.3, 0.4) is 0 Å². The number of nitrogens with one attached hydrogen (secondary N) is 2. The molecule has 0 spiro atoms. The lowest BCUT2D eigenvalue weighted by Gasteiger charge is -2.12. The Kier molecular flexibility index (Phi) is 4.67. The second kappa shape index (κ2) is 7.31. The molecule has 0 unspecified atom stereocenters. The molecule has 0 fully saturated rings. The van der Waals surface area contributed by atoms with Crippen LogP contribution in [0.1, 0.15) is 27.0 Å². The van der Waals surface area contributed by atoms with E-state index in [9.17, 15) is 14.4 Å². The molecule has 4 rings (SSSR count). The van der Waals surface area contributed by atoms with Crippen LogP contribution in [0.15, 0.2) is 52.2 Å². The van der Waals surface area contributed by atoms with Crippen molar-refractivity contribution >= 4 is 11.6 Å². The molecule has 1 aromatic heterocycles. The van der Waals surface area contributed by atoms with Crippen LogP contribution in [0, 0.1) is 13.8 Å². The zero-order valence-corrected chi connectivity index (χ0v) is 15.9. The molecule has 0 atom stereocenters. The first-order valence-electron chi connectivity index (χ1n) is 9.02. The number of fused-ring (bicyclic) bond motifs is 1. The lowest BCUT2D eigenvalue weighted by Crippen LogP contribution is -2.39. The van der Waals surface area contributed by atoms with Crippen LogP contribution in [-0.4, -0.2) is 22.3 Å². The summed E-state index contributed by atoms with van der Waals surface area (Å²) in [4.78, 5) is 40.3. The normalized spacial score (nSPS) is 12.1.